The monoisotopic (exact) mass is 479 g/mol. The Morgan fingerprint density at radius 3 is 2.10 bits per heavy atom. The lowest BCUT2D eigenvalue weighted by atomic mass is 9.96. The number of ether oxygens (including phenoxy) is 2. The van der Waals surface area contributed by atoms with Crippen molar-refractivity contribution in [3.63, 3.8) is 0 Å². The summed E-state index contributed by atoms with van der Waals surface area (Å²) in [4.78, 5) is 25.8. The topological polar surface area (TPSA) is 90.0 Å². The summed E-state index contributed by atoms with van der Waals surface area (Å²) in [5, 5.41) is 0.341. The number of para-hydroxylation sites is 1. The molecule has 31 heavy (non-hydrogen) atoms. The largest absolute Gasteiger partial charge is 0.516 e. The number of hydrogen-bond donors (Lipinski definition) is 0. The van der Waals surface area contributed by atoms with Crippen molar-refractivity contribution in [2.24, 2.45) is 0 Å². The maximum atomic E-state index is 13.6. The Morgan fingerprint density at radius 1 is 1.06 bits per heavy atom. The fourth-order valence-electron chi connectivity index (χ4n) is 3.46. The molecule has 7 nitrogen and oxygen atoms in total. The number of anilines is 1. The number of nitrogens with zero attached hydrogens (tertiary/aromatic N) is 1. The van der Waals surface area contributed by atoms with E-state index < -0.39 is 47.2 Å². The predicted octanol–water partition coefficient (Wildman–Crippen LogP) is 3.48. The van der Waals surface area contributed by atoms with Gasteiger partial charge in [-0.05, 0) is 30.7 Å². The molecule has 1 heterocycles. The Balaban J connectivity index is 3.06. The van der Waals surface area contributed by atoms with E-state index in [2.05, 4.69) is 0 Å². The molecule has 12 heteroatoms. The third kappa shape index (κ3) is 4.49. The highest BCUT2D eigenvalue weighted by molar-refractivity contribution is 7.93. The Morgan fingerprint density at radius 2 is 1.61 bits per heavy atom. The summed E-state index contributed by atoms with van der Waals surface area (Å²) >= 11 is 0. The number of benzene rings is 1. The molecule has 172 valence electrons. The molecule has 0 unspecified atom stereocenters. The van der Waals surface area contributed by atoms with E-state index >= 15 is 0 Å². The van der Waals surface area contributed by atoms with Gasteiger partial charge in [-0.3, -0.25) is 0 Å². The molecule has 0 amide bonds. The lowest BCUT2D eigenvalue weighted by Crippen LogP contribution is -2.55. The lowest BCUT2D eigenvalue weighted by Gasteiger charge is -2.41. The summed E-state index contributed by atoms with van der Waals surface area (Å²) in [6.45, 7) is 8.05. The number of halogens is 3. The molecule has 0 aliphatic carbocycles. The zero-order valence-corrected chi connectivity index (χ0v) is 19.6. The van der Waals surface area contributed by atoms with Crippen molar-refractivity contribution in [2.45, 2.75) is 45.0 Å². The fraction of sp³-hybridized carbons (Fsp3) is 0.474. The highest BCUT2D eigenvalue weighted by Gasteiger charge is 2.58. The van der Waals surface area contributed by atoms with Gasteiger partial charge in [-0.25, -0.2) is 13.9 Å². The number of fused-ring (bicyclic) bond motifs is 1. The smallest absolute Gasteiger partial charge is 0.464 e. The molecule has 1 aromatic carbocycles. The number of carbonyl (C=O) groups is 2. The van der Waals surface area contributed by atoms with Gasteiger partial charge in [0.15, 0.2) is 6.04 Å². The van der Waals surface area contributed by atoms with Gasteiger partial charge in [-0.1, -0.05) is 37.8 Å². The minimum absolute atomic E-state index is 0.0593. The van der Waals surface area contributed by atoms with Gasteiger partial charge < -0.3 is 9.47 Å². The van der Waals surface area contributed by atoms with E-state index in [0.29, 0.717) is 5.20 Å². The summed E-state index contributed by atoms with van der Waals surface area (Å²) < 4.78 is 76.0. The number of alkyl halides is 3. The molecule has 0 saturated carbocycles. The van der Waals surface area contributed by atoms with E-state index in [1.165, 1.54) is 38.1 Å². The van der Waals surface area contributed by atoms with Crippen molar-refractivity contribution in [2.75, 3.05) is 17.5 Å². The first-order valence-electron chi connectivity index (χ1n) is 9.48. The van der Waals surface area contributed by atoms with Crippen molar-refractivity contribution >= 4 is 40.9 Å². The summed E-state index contributed by atoms with van der Waals surface area (Å²) in [6.07, 6.45) is 0. The van der Waals surface area contributed by atoms with E-state index in [1.807, 2.05) is 19.6 Å². The van der Waals surface area contributed by atoms with Crippen LogP contribution < -0.4 is 4.31 Å². The lowest BCUT2D eigenvalue weighted by molar-refractivity contribution is -0.147. The number of rotatable bonds is 6. The first-order valence-corrected chi connectivity index (χ1v) is 14.4. The third-order valence-corrected chi connectivity index (χ3v) is 8.04. The van der Waals surface area contributed by atoms with Crippen molar-refractivity contribution in [1.29, 1.82) is 0 Å². The highest BCUT2D eigenvalue weighted by atomic mass is 32.2. The second-order valence-corrected chi connectivity index (χ2v) is 14.5. The predicted molar refractivity (Wildman–Crippen MR) is 111 cm³/mol. The number of hydrogen-bond acceptors (Lipinski definition) is 6. The van der Waals surface area contributed by atoms with E-state index in [-0.39, 0.29) is 28.8 Å². The number of esters is 2. The molecule has 1 aliphatic heterocycles. The van der Waals surface area contributed by atoms with E-state index in [1.54, 1.807) is 0 Å². The molecule has 1 aliphatic rings. The van der Waals surface area contributed by atoms with Crippen molar-refractivity contribution in [1.82, 2.24) is 0 Å². The Kier molecular flexibility index (Phi) is 6.96. The van der Waals surface area contributed by atoms with Crippen LogP contribution in [0.2, 0.25) is 19.6 Å². The zero-order valence-electron chi connectivity index (χ0n) is 17.7. The van der Waals surface area contributed by atoms with Crippen LogP contribution in [-0.4, -0.2) is 53.2 Å². The van der Waals surface area contributed by atoms with Gasteiger partial charge in [0.25, 0.3) is 0 Å². The van der Waals surface area contributed by atoms with Crippen LogP contribution >= 0.6 is 0 Å². The molecule has 0 N–H and O–H groups in total. The molecule has 1 aromatic rings. The second kappa shape index (κ2) is 8.65. The van der Waals surface area contributed by atoms with Gasteiger partial charge in [0.2, 0.25) is 0 Å². The molecule has 0 bridgehead atoms. The average Bonchev–Trinajstić information content (AvgIpc) is 2.64. The first-order chi connectivity index (χ1) is 14.2. The number of sulfonamides is 1. The summed E-state index contributed by atoms with van der Waals surface area (Å²) in [7, 11) is -8.61. The minimum atomic E-state index is -6.07. The molecule has 2 rings (SSSR count). The zero-order chi connectivity index (χ0) is 23.8. The number of carbonyl (C=O) groups excluding carboxylic acids is 2. The van der Waals surface area contributed by atoms with E-state index in [0.717, 1.165) is 0 Å². The summed E-state index contributed by atoms with van der Waals surface area (Å²) in [6, 6.07) is 3.32. The van der Waals surface area contributed by atoms with Gasteiger partial charge in [0.1, 0.15) is 0 Å². The van der Waals surface area contributed by atoms with E-state index in [9.17, 15) is 31.2 Å². The van der Waals surface area contributed by atoms with E-state index in [4.69, 9.17) is 9.47 Å². The fourth-order valence-corrected chi connectivity index (χ4v) is 6.64. The normalized spacial score (nSPS) is 17.3. The van der Waals surface area contributed by atoms with Crippen molar-refractivity contribution in [3.8, 4) is 0 Å². The molecule has 0 saturated heterocycles. The van der Waals surface area contributed by atoms with Crippen LogP contribution in [0.25, 0.3) is 5.20 Å². The van der Waals surface area contributed by atoms with Crippen LogP contribution in [0.3, 0.4) is 0 Å². The Labute approximate surface area is 179 Å². The van der Waals surface area contributed by atoms with Gasteiger partial charge in [0.05, 0.1) is 32.5 Å². The van der Waals surface area contributed by atoms with Gasteiger partial charge in [0, 0.05) is 0 Å². The van der Waals surface area contributed by atoms with Gasteiger partial charge in [-0.15, -0.1) is 0 Å². The first kappa shape index (κ1) is 24.9. The van der Waals surface area contributed by atoms with Crippen molar-refractivity contribution < 1.29 is 40.7 Å². The molecule has 0 spiro atoms. The van der Waals surface area contributed by atoms with Crippen LogP contribution in [0.15, 0.2) is 29.8 Å². The molecule has 1 atom stereocenters. The quantitative estimate of drug-likeness (QED) is 0.458. The standard InChI is InChI=1S/C19H24F3NO6SSi/c1-6-28-17(24)14-15(18(25)29-7-2)23(30(26,27)19(20,21)22)13-11-9-8-10-12(13)16(14)31(3,4)5/h8-11,15H,6-7H2,1-5H3/t15-/m1/s1. The molecular formula is C19H24F3NO6SSi. The third-order valence-electron chi connectivity index (χ3n) is 4.49. The maximum absolute atomic E-state index is 13.6. The molecule has 0 radical (unpaired) electrons. The SMILES string of the molecule is CCOC(=O)C1=C([Si](C)(C)C)c2ccccc2N(S(=O)(=O)C(F)(F)F)[C@H]1C(=O)OCC. The van der Waals surface area contributed by atoms with Gasteiger partial charge >= 0.3 is 27.5 Å². The maximum Gasteiger partial charge on any atom is 0.516 e. The highest BCUT2D eigenvalue weighted by Crippen LogP contribution is 2.46. The summed E-state index contributed by atoms with van der Waals surface area (Å²) in [5.74, 6) is -2.35. The van der Waals surface area contributed by atoms with Crippen LogP contribution in [0, 0.1) is 0 Å². The van der Waals surface area contributed by atoms with Crippen LogP contribution in [0.1, 0.15) is 19.4 Å². The molecular weight excluding hydrogens is 455 g/mol. The second-order valence-electron chi connectivity index (χ2n) is 7.68. The minimum Gasteiger partial charge on any atom is -0.464 e. The van der Waals surface area contributed by atoms with Crippen LogP contribution in [0.5, 0.6) is 0 Å². The Hall–Kier alpha value is -2.34. The summed E-state index contributed by atoms with van der Waals surface area (Å²) in [5.41, 5.74) is -6.37. The average molecular weight is 480 g/mol. The van der Waals surface area contributed by atoms with Crippen LogP contribution in [-0.2, 0) is 29.1 Å². The molecule has 0 aromatic heterocycles. The van der Waals surface area contributed by atoms with Crippen molar-refractivity contribution in [3.05, 3.63) is 35.4 Å². The molecule has 0 fully saturated rings. The van der Waals surface area contributed by atoms with Crippen LogP contribution in [0.4, 0.5) is 18.9 Å². The Bertz CT molecular complexity index is 1010. The van der Waals surface area contributed by atoms with Gasteiger partial charge in [-0.2, -0.15) is 21.6 Å².